The maximum atomic E-state index is 13.3. The van der Waals surface area contributed by atoms with Crippen LogP contribution in [0.15, 0.2) is 59.5 Å². The Kier molecular flexibility index (Phi) is 3.93. The molecule has 1 spiro atoms. The predicted molar refractivity (Wildman–Crippen MR) is 108 cm³/mol. The fraction of sp³-hybridized carbons (Fsp3) is 0.143. The summed E-state index contributed by atoms with van der Waals surface area (Å²) < 4.78 is 5.55. The van der Waals surface area contributed by atoms with Crippen molar-refractivity contribution in [2.24, 2.45) is 5.92 Å². The van der Waals surface area contributed by atoms with E-state index in [2.05, 4.69) is 21.6 Å². The summed E-state index contributed by atoms with van der Waals surface area (Å²) in [6, 6.07) is 19.3. The van der Waals surface area contributed by atoms with Crippen molar-refractivity contribution < 1.29 is 9.53 Å². The van der Waals surface area contributed by atoms with Crippen molar-refractivity contribution in [3.8, 4) is 11.9 Å². The first kappa shape index (κ1) is 17.5. The minimum atomic E-state index is -1.37. The van der Waals surface area contributed by atoms with Gasteiger partial charge in [0, 0.05) is 16.3 Å². The molecule has 0 saturated heterocycles. The van der Waals surface area contributed by atoms with E-state index in [4.69, 9.17) is 10.1 Å². The van der Waals surface area contributed by atoms with Crippen LogP contribution in [0, 0.1) is 22.7 Å². The zero-order valence-electron chi connectivity index (χ0n) is 15.1. The summed E-state index contributed by atoms with van der Waals surface area (Å²) in [5, 5.41) is 28.2. The van der Waals surface area contributed by atoms with Gasteiger partial charge in [-0.2, -0.15) is 5.26 Å². The zero-order valence-corrected chi connectivity index (χ0v) is 15.9. The number of ether oxygens (including phenoxy) is 1. The molecular formula is C21H15N5O2S. The fourth-order valence-electron chi connectivity index (χ4n) is 4.09. The molecule has 7 nitrogen and oxygen atoms in total. The molecular weight excluding hydrogens is 386 g/mol. The van der Waals surface area contributed by atoms with Crippen LogP contribution in [0.1, 0.15) is 16.8 Å². The number of nitrogens with one attached hydrogen (secondary N) is 3. The lowest BCUT2D eigenvalue weighted by molar-refractivity contribution is -0.120. The number of amides is 1. The van der Waals surface area contributed by atoms with Gasteiger partial charge in [-0.05, 0) is 23.8 Å². The number of carbonyl (C=O) groups excluding carboxylic acids is 1. The number of nitrogens with zero attached hydrogens (tertiary/aromatic N) is 2. The van der Waals surface area contributed by atoms with Crippen molar-refractivity contribution in [2.75, 3.05) is 5.32 Å². The molecule has 0 radical (unpaired) electrons. The number of nitriles is 1. The Morgan fingerprint density at radius 2 is 1.97 bits per heavy atom. The smallest absolute Gasteiger partial charge is 0.244 e. The largest absolute Gasteiger partial charge is 0.422 e. The lowest BCUT2D eigenvalue weighted by Crippen LogP contribution is -2.50. The molecule has 142 valence electrons. The summed E-state index contributed by atoms with van der Waals surface area (Å²) in [4.78, 5) is 14.4. The highest BCUT2D eigenvalue weighted by atomic mass is 32.2. The molecule has 1 amide bonds. The van der Waals surface area contributed by atoms with Crippen LogP contribution in [0.3, 0.4) is 0 Å². The van der Waals surface area contributed by atoms with Crippen LogP contribution in [0.2, 0.25) is 0 Å². The summed E-state index contributed by atoms with van der Waals surface area (Å²) in [7, 11) is 0. The molecule has 2 aromatic carbocycles. The molecule has 2 atom stereocenters. The number of benzene rings is 2. The molecule has 0 aliphatic carbocycles. The van der Waals surface area contributed by atoms with Crippen LogP contribution < -0.4 is 10.1 Å². The Morgan fingerprint density at radius 1 is 1.21 bits per heavy atom. The number of fused-ring (bicyclic) bond motifs is 4. The second-order valence-electron chi connectivity index (χ2n) is 6.82. The summed E-state index contributed by atoms with van der Waals surface area (Å²) in [6.07, 6.45) is 0. The first-order valence-corrected chi connectivity index (χ1v) is 9.97. The van der Waals surface area contributed by atoms with E-state index in [-0.39, 0.29) is 17.7 Å². The molecule has 0 saturated carbocycles. The third-order valence-electron chi connectivity index (χ3n) is 5.32. The molecule has 1 aromatic heterocycles. The molecule has 5 rings (SSSR count). The minimum Gasteiger partial charge on any atom is -0.422 e. The van der Waals surface area contributed by atoms with Crippen LogP contribution in [0.5, 0.6) is 5.88 Å². The number of H-pyrrole nitrogens is 1. The number of para-hydroxylation sites is 1. The number of hydrogen-bond acceptors (Lipinski definition) is 6. The lowest BCUT2D eigenvalue weighted by Gasteiger charge is -2.35. The third kappa shape index (κ3) is 2.41. The number of anilines is 1. The number of thioether (sulfide) groups is 1. The molecule has 3 aromatic rings. The van der Waals surface area contributed by atoms with Gasteiger partial charge in [0.25, 0.3) is 0 Å². The van der Waals surface area contributed by atoms with E-state index < -0.39 is 11.3 Å². The highest BCUT2D eigenvalue weighted by Gasteiger charge is 2.61. The summed E-state index contributed by atoms with van der Waals surface area (Å²) in [5.74, 6) is -1.01. The highest BCUT2D eigenvalue weighted by Crippen LogP contribution is 2.54. The van der Waals surface area contributed by atoms with Gasteiger partial charge in [-0.3, -0.25) is 15.3 Å². The maximum absolute atomic E-state index is 13.3. The average molecular weight is 401 g/mol. The Morgan fingerprint density at radius 3 is 2.76 bits per heavy atom. The number of aromatic amines is 1. The topological polar surface area (TPSA) is 115 Å². The van der Waals surface area contributed by atoms with Gasteiger partial charge in [0.15, 0.2) is 0 Å². The van der Waals surface area contributed by atoms with E-state index in [1.165, 1.54) is 0 Å². The SMILES string of the molecule is N#CC1C(=N)Oc2n[nH]c(CSc3ccccc3)c2C12C(=O)Nc1ccccc12. The van der Waals surface area contributed by atoms with Gasteiger partial charge in [0.2, 0.25) is 17.7 Å². The van der Waals surface area contributed by atoms with E-state index in [0.29, 0.717) is 28.3 Å². The number of hydrogen-bond donors (Lipinski definition) is 3. The lowest BCUT2D eigenvalue weighted by atomic mass is 9.65. The summed E-state index contributed by atoms with van der Waals surface area (Å²) in [6.45, 7) is 0. The van der Waals surface area contributed by atoms with Gasteiger partial charge in [-0.15, -0.1) is 16.9 Å². The summed E-state index contributed by atoms with van der Waals surface area (Å²) in [5.41, 5.74) is 1.18. The van der Waals surface area contributed by atoms with Crippen LogP contribution in [0.25, 0.3) is 0 Å². The number of rotatable bonds is 3. The molecule has 0 fully saturated rings. The summed E-state index contributed by atoms with van der Waals surface area (Å²) >= 11 is 1.59. The fourth-order valence-corrected chi connectivity index (χ4v) is 4.96. The Labute approximate surface area is 170 Å². The molecule has 2 unspecified atom stereocenters. The monoisotopic (exact) mass is 401 g/mol. The molecule has 2 aliphatic rings. The van der Waals surface area contributed by atoms with Crippen LogP contribution in [0.4, 0.5) is 5.69 Å². The van der Waals surface area contributed by atoms with Crippen LogP contribution in [-0.2, 0) is 16.0 Å². The van der Waals surface area contributed by atoms with Crippen LogP contribution >= 0.6 is 11.8 Å². The first-order chi connectivity index (χ1) is 14.2. The number of aromatic nitrogens is 2. The molecule has 29 heavy (non-hydrogen) atoms. The maximum Gasteiger partial charge on any atom is 0.244 e. The van der Waals surface area contributed by atoms with Gasteiger partial charge in [0.1, 0.15) is 11.3 Å². The third-order valence-corrected chi connectivity index (χ3v) is 6.36. The van der Waals surface area contributed by atoms with E-state index >= 15 is 0 Å². The van der Waals surface area contributed by atoms with Gasteiger partial charge >= 0.3 is 0 Å². The predicted octanol–water partition coefficient (Wildman–Crippen LogP) is 3.45. The molecule has 3 heterocycles. The normalized spacial score (nSPS) is 21.8. The van der Waals surface area contributed by atoms with Crippen molar-refractivity contribution in [2.45, 2.75) is 16.1 Å². The van der Waals surface area contributed by atoms with E-state index in [0.717, 1.165) is 4.90 Å². The minimum absolute atomic E-state index is 0.178. The van der Waals surface area contributed by atoms with Crippen molar-refractivity contribution in [3.63, 3.8) is 0 Å². The van der Waals surface area contributed by atoms with Crippen molar-refractivity contribution in [1.82, 2.24) is 10.2 Å². The Balaban J connectivity index is 1.69. The highest BCUT2D eigenvalue weighted by molar-refractivity contribution is 7.98. The Hall–Kier alpha value is -3.57. The van der Waals surface area contributed by atoms with Crippen molar-refractivity contribution in [1.29, 1.82) is 10.7 Å². The van der Waals surface area contributed by atoms with Gasteiger partial charge < -0.3 is 10.1 Å². The molecule has 3 N–H and O–H groups in total. The second-order valence-corrected chi connectivity index (χ2v) is 7.87. The van der Waals surface area contributed by atoms with Gasteiger partial charge in [-0.1, -0.05) is 36.4 Å². The van der Waals surface area contributed by atoms with Gasteiger partial charge in [0.05, 0.1) is 17.3 Å². The molecule has 8 heteroatoms. The van der Waals surface area contributed by atoms with Crippen molar-refractivity contribution >= 4 is 29.3 Å². The second kappa shape index (κ2) is 6.50. The number of carbonyl (C=O) groups is 1. The average Bonchev–Trinajstić information content (AvgIpc) is 3.27. The molecule has 0 bridgehead atoms. The standard InChI is InChI=1S/C21H15N5O2S/c22-10-14-18(23)28-19-17(16(25-26-19)11-29-12-6-2-1-3-7-12)21(14)13-8-4-5-9-15(13)24-20(21)27/h1-9,14,23H,11H2,(H,24,27)(H,25,26). The Bertz CT molecular complexity index is 1180. The van der Waals surface area contributed by atoms with Gasteiger partial charge in [-0.25, -0.2) is 0 Å². The van der Waals surface area contributed by atoms with E-state index in [9.17, 15) is 10.1 Å². The van der Waals surface area contributed by atoms with E-state index in [1.54, 1.807) is 17.8 Å². The molecule has 2 aliphatic heterocycles. The zero-order chi connectivity index (χ0) is 20.0. The first-order valence-electron chi connectivity index (χ1n) is 8.98. The van der Waals surface area contributed by atoms with E-state index in [1.807, 2.05) is 48.5 Å². The quantitative estimate of drug-likeness (QED) is 0.582. The van der Waals surface area contributed by atoms with Crippen LogP contribution in [-0.4, -0.2) is 22.0 Å². The van der Waals surface area contributed by atoms with Crippen molar-refractivity contribution in [3.05, 3.63) is 71.4 Å².